The van der Waals surface area contributed by atoms with Crippen molar-refractivity contribution in [3.63, 3.8) is 0 Å². The average molecular weight is 455 g/mol. The lowest BCUT2D eigenvalue weighted by atomic mass is 10.2. The van der Waals surface area contributed by atoms with Crippen LogP contribution < -0.4 is 14.9 Å². The summed E-state index contributed by atoms with van der Waals surface area (Å²) in [5.41, 5.74) is 0.961. The molecule has 1 aromatic carbocycles. The summed E-state index contributed by atoms with van der Waals surface area (Å²) in [4.78, 5) is 28.3. The van der Waals surface area contributed by atoms with Crippen LogP contribution in [0.4, 0.5) is 5.69 Å². The van der Waals surface area contributed by atoms with Crippen LogP contribution in [0.15, 0.2) is 33.3 Å². The lowest BCUT2D eigenvalue weighted by Gasteiger charge is -2.36. The molecule has 2 N–H and O–H groups in total. The van der Waals surface area contributed by atoms with Crippen molar-refractivity contribution in [1.82, 2.24) is 14.2 Å². The Morgan fingerprint density at radius 1 is 1.27 bits per heavy atom. The molecular weight excluding hydrogens is 428 g/mol. The number of H-pyrrole nitrogens is 1. The molecule has 0 saturated carbocycles. The number of piperazine rings is 1. The number of aromatic amines is 1. The molecule has 3 rings (SSSR count). The van der Waals surface area contributed by atoms with Gasteiger partial charge in [0.2, 0.25) is 5.91 Å². The van der Waals surface area contributed by atoms with E-state index in [1.807, 2.05) is 24.0 Å². The van der Waals surface area contributed by atoms with Gasteiger partial charge in [-0.2, -0.15) is 4.31 Å². The molecule has 30 heavy (non-hydrogen) atoms. The highest BCUT2D eigenvalue weighted by molar-refractivity contribution is 7.91. The van der Waals surface area contributed by atoms with Crippen LogP contribution in [0.2, 0.25) is 0 Å². The zero-order valence-corrected chi connectivity index (χ0v) is 18.8. The molecule has 2 heterocycles. The minimum Gasteiger partial charge on any atom is -0.492 e. The van der Waals surface area contributed by atoms with E-state index in [-0.39, 0.29) is 28.1 Å². The fourth-order valence-corrected chi connectivity index (χ4v) is 6.20. The summed E-state index contributed by atoms with van der Waals surface area (Å²) >= 11 is 0.703. The zero-order chi connectivity index (χ0) is 21.9. The molecule has 1 atom stereocenters. The number of nitrogens with one attached hydrogen (secondary N) is 2. The minimum absolute atomic E-state index is 0.0549. The maximum Gasteiger partial charge on any atom is 0.305 e. The molecule has 11 heteroatoms. The van der Waals surface area contributed by atoms with Crippen LogP contribution in [0.5, 0.6) is 5.75 Å². The number of aryl methyl sites for hydroxylation is 1. The number of aromatic nitrogens is 1. The Hall–Kier alpha value is -2.21. The SMILES string of the molecule is CCOc1ccccc1NC(=O)[C@@H](C)N1CCN(S(=O)(=O)c2sc(=O)[nH]c2C)CC1. The van der Waals surface area contributed by atoms with E-state index in [9.17, 15) is 18.0 Å². The smallest absolute Gasteiger partial charge is 0.305 e. The second-order valence-corrected chi connectivity index (χ2v) is 10.1. The lowest BCUT2D eigenvalue weighted by Crippen LogP contribution is -2.53. The maximum atomic E-state index is 12.8. The number of carbonyl (C=O) groups excluding carboxylic acids is 1. The molecule has 164 valence electrons. The van der Waals surface area contributed by atoms with E-state index in [0.717, 1.165) is 0 Å². The molecule has 1 amide bonds. The molecule has 1 saturated heterocycles. The number of amides is 1. The molecule has 0 aliphatic carbocycles. The molecule has 0 spiro atoms. The first kappa shape index (κ1) is 22.5. The van der Waals surface area contributed by atoms with Gasteiger partial charge in [-0.25, -0.2) is 8.42 Å². The fraction of sp³-hybridized carbons (Fsp3) is 0.474. The molecule has 0 unspecified atom stereocenters. The molecule has 0 bridgehead atoms. The first-order valence-corrected chi connectivity index (χ1v) is 12.0. The average Bonchev–Trinajstić information content (AvgIpc) is 3.08. The normalized spacial score (nSPS) is 16.9. The monoisotopic (exact) mass is 454 g/mol. The molecular formula is C19H26N4O5S2. The largest absolute Gasteiger partial charge is 0.492 e. The van der Waals surface area contributed by atoms with Crippen LogP contribution >= 0.6 is 11.3 Å². The number of carbonyl (C=O) groups is 1. The number of benzene rings is 1. The quantitative estimate of drug-likeness (QED) is 0.655. The summed E-state index contributed by atoms with van der Waals surface area (Å²) < 4.78 is 32.6. The third kappa shape index (κ3) is 4.75. The molecule has 1 aliphatic rings. The summed E-state index contributed by atoms with van der Waals surface area (Å²) in [6, 6.07) is 6.81. The number of thiazole rings is 1. The summed E-state index contributed by atoms with van der Waals surface area (Å²) in [6.45, 7) is 7.08. The number of sulfonamides is 1. The predicted octanol–water partition coefficient (Wildman–Crippen LogP) is 1.48. The van der Waals surface area contributed by atoms with Gasteiger partial charge in [-0.15, -0.1) is 0 Å². The van der Waals surface area contributed by atoms with Crippen LogP contribution in [0.1, 0.15) is 19.5 Å². The van der Waals surface area contributed by atoms with Gasteiger partial charge >= 0.3 is 4.87 Å². The van der Waals surface area contributed by atoms with Gasteiger partial charge in [0, 0.05) is 31.9 Å². The Bertz CT molecular complexity index is 1050. The highest BCUT2D eigenvalue weighted by Gasteiger charge is 2.34. The van der Waals surface area contributed by atoms with Crippen molar-refractivity contribution in [2.24, 2.45) is 0 Å². The summed E-state index contributed by atoms with van der Waals surface area (Å²) in [6.07, 6.45) is 0. The fourth-order valence-electron chi connectivity index (χ4n) is 3.34. The van der Waals surface area contributed by atoms with Gasteiger partial charge < -0.3 is 15.0 Å². The Balaban J connectivity index is 1.62. The topological polar surface area (TPSA) is 112 Å². The maximum absolute atomic E-state index is 12.8. The van der Waals surface area contributed by atoms with E-state index in [2.05, 4.69) is 10.3 Å². The van der Waals surface area contributed by atoms with Gasteiger partial charge in [0.15, 0.2) is 4.21 Å². The van der Waals surface area contributed by atoms with E-state index in [4.69, 9.17) is 4.74 Å². The second-order valence-electron chi connectivity index (χ2n) is 6.96. The second kappa shape index (κ2) is 9.29. The molecule has 2 aromatic rings. The summed E-state index contributed by atoms with van der Waals surface area (Å²) in [5, 5.41) is 2.90. The van der Waals surface area contributed by atoms with E-state index in [1.54, 1.807) is 26.0 Å². The zero-order valence-electron chi connectivity index (χ0n) is 17.2. The van der Waals surface area contributed by atoms with Gasteiger partial charge in [-0.3, -0.25) is 14.5 Å². The molecule has 0 radical (unpaired) electrons. The van der Waals surface area contributed by atoms with E-state index in [0.29, 0.717) is 48.2 Å². The van der Waals surface area contributed by atoms with Gasteiger partial charge in [-0.05, 0) is 32.9 Å². The molecule has 9 nitrogen and oxygen atoms in total. The number of para-hydroxylation sites is 2. The van der Waals surface area contributed by atoms with Crippen LogP contribution in [0.25, 0.3) is 0 Å². The predicted molar refractivity (Wildman–Crippen MR) is 116 cm³/mol. The minimum atomic E-state index is -3.72. The highest BCUT2D eigenvalue weighted by Crippen LogP contribution is 2.25. The third-order valence-corrected chi connectivity index (χ3v) is 8.48. The van der Waals surface area contributed by atoms with Gasteiger partial charge in [-0.1, -0.05) is 23.5 Å². The van der Waals surface area contributed by atoms with E-state index in [1.165, 1.54) is 4.31 Å². The van der Waals surface area contributed by atoms with Crippen molar-refractivity contribution >= 4 is 33.0 Å². The Morgan fingerprint density at radius 3 is 2.53 bits per heavy atom. The Labute approximate surface area is 179 Å². The number of rotatable bonds is 7. The summed E-state index contributed by atoms with van der Waals surface area (Å²) in [7, 11) is -3.72. The Kier molecular flexibility index (Phi) is 6.96. The number of hydrogen-bond donors (Lipinski definition) is 2. The standard InChI is InChI=1S/C19H26N4O5S2/c1-4-28-16-8-6-5-7-15(16)21-17(24)14(3)22-9-11-23(12-10-22)30(26,27)18-13(2)20-19(25)29-18/h5-8,14H,4,9-12H2,1-3H3,(H,20,25)(H,21,24)/t14-/m1/s1. The van der Waals surface area contributed by atoms with Crippen molar-refractivity contribution in [2.75, 3.05) is 38.1 Å². The molecule has 1 aliphatic heterocycles. The van der Waals surface area contributed by atoms with Crippen molar-refractivity contribution < 1.29 is 17.9 Å². The summed E-state index contributed by atoms with van der Waals surface area (Å²) in [5.74, 6) is 0.426. The molecule has 1 fully saturated rings. The van der Waals surface area contributed by atoms with Crippen LogP contribution in [-0.4, -0.2) is 67.3 Å². The van der Waals surface area contributed by atoms with Crippen molar-refractivity contribution in [3.05, 3.63) is 39.6 Å². The van der Waals surface area contributed by atoms with Crippen molar-refractivity contribution in [3.8, 4) is 5.75 Å². The first-order valence-electron chi connectivity index (χ1n) is 9.70. The highest BCUT2D eigenvalue weighted by atomic mass is 32.2. The van der Waals surface area contributed by atoms with E-state index < -0.39 is 16.1 Å². The van der Waals surface area contributed by atoms with Gasteiger partial charge in [0.05, 0.1) is 18.3 Å². The third-order valence-electron chi connectivity index (χ3n) is 5.00. The van der Waals surface area contributed by atoms with Crippen LogP contribution in [0.3, 0.4) is 0 Å². The van der Waals surface area contributed by atoms with Crippen molar-refractivity contribution in [1.29, 1.82) is 0 Å². The van der Waals surface area contributed by atoms with E-state index >= 15 is 0 Å². The van der Waals surface area contributed by atoms with Crippen LogP contribution in [0, 0.1) is 6.92 Å². The lowest BCUT2D eigenvalue weighted by molar-refractivity contribution is -0.121. The van der Waals surface area contributed by atoms with Crippen molar-refractivity contribution in [2.45, 2.75) is 31.0 Å². The number of hydrogen-bond acceptors (Lipinski definition) is 7. The number of anilines is 1. The van der Waals surface area contributed by atoms with Gasteiger partial charge in [0.1, 0.15) is 5.75 Å². The Morgan fingerprint density at radius 2 is 1.93 bits per heavy atom. The number of nitrogens with zero attached hydrogens (tertiary/aromatic N) is 2. The first-order chi connectivity index (χ1) is 14.2. The molecule has 1 aromatic heterocycles. The van der Waals surface area contributed by atoms with Crippen LogP contribution in [-0.2, 0) is 14.8 Å². The van der Waals surface area contributed by atoms with Gasteiger partial charge in [0.25, 0.3) is 10.0 Å². The number of ether oxygens (including phenoxy) is 1.